The number of aliphatic carboxylic acids is 1. The third-order valence-corrected chi connectivity index (χ3v) is 24.7. The molecule has 12 rings (SSSR count). The molecule has 2 heterocycles. The number of anilines is 4. The normalized spacial score (nSPS) is 11.3. The van der Waals surface area contributed by atoms with Crippen LogP contribution >= 0.6 is 11.6 Å². The number of carboxylic acids is 1. The van der Waals surface area contributed by atoms with E-state index in [2.05, 4.69) is 81.5 Å². The van der Waals surface area contributed by atoms with E-state index < -0.39 is 109 Å². The van der Waals surface area contributed by atoms with Gasteiger partial charge in [0, 0.05) is 105 Å². The van der Waals surface area contributed by atoms with Crippen molar-refractivity contribution < 1.29 is 120 Å². The summed E-state index contributed by atoms with van der Waals surface area (Å²) in [5, 5.41) is 25.0. The number of carboxylic acid groups (broad SMARTS) is 1. The Bertz CT molecular complexity index is 6670. The molecule has 0 saturated heterocycles. The number of aryl methyl sites for hydroxylation is 2. The number of esters is 2. The van der Waals surface area contributed by atoms with Crippen LogP contribution in [0.2, 0.25) is 0 Å². The second kappa shape index (κ2) is 49.8. The van der Waals surface area contributed by atoms with E-state index in [1.165, 1.54) is 24.3 Å². The minimum Gasteiger partial charge on any atom is -0.870 e. The van der Waals surface area contributed by atoms with Crippen LogP contribution in [0.5, 0.6) is 0 Å². The van der Waals surface area contributed by atoms with E-state index in [1.54, 1.807) is 240 Å². The van der Waals surface area contributed by atoms with Gasteiger partial charge in [0.05, 0.1) is 33.8 Å². The molecule has 0 saturated carbocycles. The summed E-state index contributed by atoms with van der Waals surface area (Å²) < 4.78 is 131. The zero-order valence-electron chi connectivity index (χ0n) is 77.5. The number of aromatic nitrogens is 4. The number of nitrogen functional groups attached to an aromatic ring is 1. The summed E-state index contributed by atoms with van der Waals surface area (Å²) in [6.07, 6.45) is 0. The van der Waals surface area contributed by atoms with E-state index in [9.17, 15) is 72.0 Å². The average Bonchev–Trinajstić information content (AvgIpc) is 1.04. The fourth-order valence-corrected chi connectivity index (χ4v) is 18.6. The second-order valence-corrected chi connectivity index (χ2v) is 40.2. The molecule has 0 aliphatic heterocycles. The van der Waals surface area contributed by atoms with Crippen LogP contribution < -0.4 is 70.5 Å². The molecule has 36 nitrogen and oxygen atoms in total. The number of nitrogens with zero attached hydrogens (tertiary/aromatic N) is 4. The van der Waals surface area contributed by atoms with E-state index in [1.807, 2.05) is 75.4 Å². The standard InChI is InChI=1S/C28H29N5O5S.C19H22N2O5S.C18H20N2O5S.C16H20N2O2S.C10H11N3O.C3H3ClO3.Li.H2O/c1-18-30-25(32-38-18)21-9-7-8-19(16-21)17-29-26(34)27(35)31-22-14-12-20(13-15-22)23-10-5-6-11-24(23)39(36,37)33-28(2,3)4;1-19(2,3)21-27(24,25)16-8-6-5-7-15(16)13-9-11-14(12-10-13)20-17(22)18(23)26-4;1-18(2,3)20-26(24,25)15-7-5-4-6-14(15)12-8-10-13(11-9-12)19-16(21)17(22)23;1-16(2,3)18-21(19,20)15-7-5-4-6-14(15)12-8-10-13(17)11-9-12;1-7-12-10(13-14-7)9-4-2-3-8(5-9)6-11;1-7-3(6)2(4)5;;/h5-16,33H,17H2,1-4H3,(H,29,34)(H,31,35);5-12,21H,1-4H3,(H,20,22);4-11,20H,1-3H3,(H,19,21)(H,22,23);4-11,18H,17H2,1-3H3;2-5H,6,11H2,1H3;1H3;;1H2/q;;;;;;+1;/p-1. The molecule has 0 radical (unpaired) electrons. The van der Waals surface area contributed by atoms with Crippen LogP contribution in [0, 0.1) is 13.8 Å². The molecule has 0 fully saturated rings. The van der Waals surface area contributed by atoms with Gasteiger partial charge >= 0.3 is 65.6 Å². The Hall–Kier alpha value is -13.3. The molecule has 0 aliphatic carbocycles. The van der Waals surface area contributed by atoms with E-state index in [4.69, 9.17) is 25.6 Å². The summed E-state index contributed by atoms with van der Waals surface area (Å²) >= 11 is 4.61. The van der Waals surface area contributed by atoms with Gasteiger partial charge in [-0.1, -0.05) is 168 Å². The average molecular weight is 1950 g/mol. The maximum absolute atomic E-state index is 13.0. The van der Waals surface area contributed by atoms with Gasteiger partial charge in [0.15, 0.2) is 0 Å². The number of methoxy groups -OCH3 is 2. The monoisotopic (exact) mass is 1950 g/mol. The zero-order valence-corrected chi connectivity index (χ0v) is 81.5. The molecule has 0 atom stereocenters. The maximum atomic E-state index is 13.0. The van der Waals surface area contributed by atoms with Gasteiger partial charge in [-0.05, 0) is 213 Å². The first-order valence-electron chi connectivity index (χ1n) is 40.6. The van der Waals surface area contributed by atoms with Crippen molar-refractivity contribution in [2.75, 3.05) is 35.9 Å². The molecule has 10 aromatic carbocycles. The first kappa shape index (κ1) is 113. The summed E-state index contributed by atoms with van der Waals surface area (Å²) in [5.41, 5.74) is 18.9. The Balaban J connectivity index is 0.000000302. The van der Waals surface area contributed by atoms with E-state index >= 15 is 0 Å². The minimum absolute atomic E-state index is 0. The number of rotatable bonds is 21. The first-order valence-corrected chi connectivity index (χ1v) is 46.9. The fraction of sp³-hybridized carbons (Fsp3) is 0.234. The van der Waals surface area contributed by atoms with Gasteiger partial charge in [-0.3, -0.25) is 24.0 Å². The quantitative estimate of drug-likeness (QED) is 0.0105. The number of ether oxygens (including phenoxy) is 2. The Labute approximate surface area is 806 Å². The topological polar surface area (TPSA) is 568 Å². The summed E-state index contributed by atoms with van der Waals surface area (Å²) in [4.78, 5) is 97.8. The number of hydrogen-bond acceptors (Lipinski definition) is 27. The molecule has 42 heteroatoms. The van der Waals surface area contributed by atoms with Crippen molar-refractivity contribution in [3.05, 3.63) is 266 Å². The smallest absolute Gasteiger partial charge is 0.870 e. The molecular weight excluding hydrogens is 1850 g/mol. The van der Waals surface area contributed by atoms with Crippen LogP contribution in [-0.4, -0.2) is 148 Å². The zero-order chi connectivity index (χ0) is 99.5. The van der Waals surface area contributed by atoms with E-state index in [0.717, 1.165) is 42.0 Å². The fourth-order valence-electron chi connectivity index (χ4n) is 11.9. The molecule has 4 amide bonds. The molecule has 716 valence electrons. The molecule has 12 aromatic rings. The van der Waals surface area contributed by atoms with Crippen molar-refractivity contribution in [3.63, 3.8) is 0 Å². The predicted octanol–water partition coefficient (Wildman–Crippen LogP) is 10.3. The van der Waals surface area contributed by atoms with E-state index in [-0.39, 0.29) is 50.5 Å². The van der Waals surface area contributed by atoms with Gasteiger partial charge in [-0.15, -0.1) is 0 Å². The maximum Gasteiger partial charge on any atom is 1.00 e. The largest absolute Gasteiger partial charge is 1.00 e. The number of hydrogen-bond donors (Lipinski definition) is 11. The number of nitrogens with two attached hydrogens (primary N) is 2. The first-order chi connectivity index (χ1) is 62.6. The van der Waals surface area contributed by atoms with Crippen LogP contribution in [-0.2, 0) is 101 Å². The van der Waals surface area contributed by atoms with Gasteiger partial charge in [-0.2, -0.15) is 9.97 Å². The van der Waals surface area contributed by atoms with Crippen molar-refractivity contribution >= 4 is 121 Å². The van der Waals surface area contributed by atoms with Crippen molar-refractivity contribution in [1.82, 2.24) is 44.5 Å². The number of halogens is 1. The predicted molar refractivity (Wildman–Crippen MR) is 511 cm³/mol. The van der Waals surface area contributed by atoms with Crippen LogP contribution in [0.4, 0.5) is 22.7 Å². The number of carbonyl (C=O) groups excluding carboxylic acids is 7. The summed E-state index contributed by atoms with van der Waals surface area (Å²) in [6.45, 7) is 25.5. The SMILES string of the molecule is CC(C)(C)NS(=O)(=O)c1ccccc1-c1ccc(N)cc1.CC(C)(C)NS(=O)(=O)c1ccccc1-c1ccc(NC(=O)C(=O)O)cc1.COC(=O)C(=O)Cl.COC(=O)C(=O)Nc1ccc(-c2ccccc2S(=O)(=O)NC(C)(C)C)cc1.Cc1nc(-c2cccc(CN)c2)no1.Cc1nc(-c2cccc(CNC(=O)C(=O)Nc3ccc(-c4ccccc4S(=O)(=O)NC(C)(C)C)cc3)c2)no1.[Li+].[OH-]. The number of amides is 4. The summed E-state index contributed by atoms with van der Waals surface area (Å²) in [6, 6.07) is 68.4. The van der Waals surface area contributed by atoms with Gasteiger partial charge in [0.1, 0.15) is 0 Å². The number of benzene rings is 10. The second-order valence-electron chi connectivity index (χ2n) is 33.2. The molecule has 0 unspecified atom stereocenters. The van der Waals surface area contributed by atoms with Crippen LogP contribution in [0.3, 0.4) is 0 Å². The van der Waals surface area contributed by atoms with Crippen molar-refractivity contribution in [3.8, 4) is 67.3 Å². The number of carbonyl (C=O) groups is 8. The van der Waals surface area contributed by atoms with Gasteiger partial charge < -0.3 is 61.8 Å². The Kier molecular flexibility index (Phi) is 41.4. The Morgan fingerprint density at radius 2 is 0.669 bits per heavy atom. The van der Waals surface area contributed by atoms with Crippen LogP contribution in [0.1, 0.15) is 106 Å². The number of nitrogens with one attached hydrogen (secondary N) is 8. The molecular formula is C94H106ClLiN14O22S4. The van der Waals surface area contributed by atoms with Gasteiger partial charge in [-0.25, -0.2) is 66.9 Å². The van der Waals surface area contributed by atoms with Crippen LogP contribution in [0.15, 0.2) is 271 Å². The summed E-state index contributed by atoms with van der Waals surface area (Å²) in [5.74, 6) is -5.21. The molecule has 2 aromatic heterocycles. The van der Waals surface area contributed by atoms with Gasteiger partial charge in [0.25, 0.3) is 0 Å². The number of sulfonamides is 4. The molecule has 0 bridgehead atoms. The Morgan fingerprint density at radius 1 is 0.382 bits per heavy atom. The third-order valence-electron chi connectivity index (χ3n) is 17.3. The molecule has 14 N–H and O–H groups in total. The molecule has 0 aliphatic rings. The molecule has 0 spiro atoms. The van der Waals surface area contributed by atoms with Gasteiger partial charge in [0.2, 0.25) is 63.5 Å². The van der Waals surface area contributed by atoms with Crippen molar-refractivity contribution in [2.24, 2.45) is 5.73 Å². The minimum atomic E-state index is -3.77. The Morgan fingerprint density at radius 3 is 0.941 bits per heavy atom. The third kappa shape index (κ3) is 35.8. The van der Waals surface area contributed by atoms with Crippen LogP contribution in [0.25, 0.3) is 67.3 Å². The molecule has 136 heavy (non-hydrogen) atoms. The summed E-state index contributed by atoms with van der Waals surface area (Å²) in [7, 11) is -12.6. The van der Waals surface area contributed by atoms with E-state index in [0.29, 0.717) is 91.7 Å². The van der Waals surface area contributed by atoms with Crippen molar-refractivity contribution in [1.29, 1.82) is 0 Å². The van der Waals surface area contributed by atoms with Crippen molar-refractivity contribution in [2.45, 2.75) is 152 Å².